The Bertz CT molecular complexity index is 574. The molecular formula is C17H19NO2. The molecule has 0 aliphatic heterocycles. The summed E-state index contributed by atoms with van der Waals surface area (Å²) < 4.78 is 0. The Morgan fingerprint density at radius 2 is 1.75 bits per heavy atom. The number of carboxylic acid groups (broad SMARTS) is 1. The molecule has 0 bridgehead atoms. The number of aromatic nitrogens is 1. The van der Waals surface area contributed by atoms with Crippen LogP contribution in [-0.2, 0) is 17.6 Å². The van der Waals surface area contributed by atoms with Crippen LogP contribution in [0.25, 0.3) is 0 Å². The van der Waals surface area contributed by atoms with Crippen LogP contribution < -0.4 is 0 Å². The quantitative estimate of drug-likeness (QED) is 0.905. The van der Waals surface area contributed by atoms with Crippen molar-refractivity contribution in [2.24, 2.45) is 5.41 Å². The van der Waals surface area contributed by atoms with E-state index in [1.807, 2.05) is 24.4 Å². The summed E-state index contributed by atoms with van der Waals surface area (Å²) in [6, 6.07) is 12.1. The van der Waals surface area contributed by atoms with E-state index in [4.69, 9.17) is 5.11 Å². The van der Waals surface area contributed by atoms with Crippen molar-refractivity contribution >= 4 is 5.97 Å². The molecule has 0 radical (unpaired) electrons. The topological polar surface area (TPSA) is 50.2 Å². The van der Waals surface area contributed by atoms with Gasteiger partial charge in [0.2, 0.25) is 0 Å². The maximum absolute atomic E-state index is 11.1. The Labute approximate surface area is 119 Å². The Hall–Kier alpha value is -2.16. The molecule has 0 spiro atoms. The molecule has 0 saturated heterocycles. The molecule has 1 aromatic carbocycles. The lowest BCUT2D eigenvalue weighted by molar-refractivity contribution is -0.146. The second kappa shape index (κ2) is 5.87. The van der Waals surface area contributed by atoms with Crippen molar-refractivity contribution < 1.29 is 9.90 Å². The van der Waals surface area contributed by atoms with E-state index in [9.17, 15) is 4.79 Å². The number of rotatable bonds is 5. The number of carbonyl (C=O) groups is 1. The molecule has 0 amide bonds. The summed E-state index contributed by atoms with van der Waals surface area (Å²) in [4.78, 5) is 15.2. The fraction of sp³-hybridized carbons (Fsp3) is 0.294. The van der Waals surface area contributed by atoms with E-state index in [1.165, 1.54) is 11.1 Å². The summed E-state index contributed by atoms with van der Waals surface area (Å²) in [6.45, 7) is 3.50. The zero-order valence-electron chi connectivity index (χ0n) is 11.8. The van der Waals surface area contributed by atoms with Crippen LogP contribution in [0.15, 0.2) is 48.8 Å². The van der Waals surface area contributed by atoms with E-state index in [2.05, 4.69) is 23.2 Å². The first kappa shape index (κ1) is 14.3. The number of hydrogen-bond donors (Lipinski definition) is 1. The Balaban J connectivity index is 2.05. The molecule has 0 unspecified atom stereocenters. The van der Waals surface area contributed by atoms with Gasteiger partial charge in [-0.1, -0.05) is 30.3 Å². The van der Waals surface area contributed by atoms with E-state index >= 15 is 0 Å². The summed E-state index contributed by atoms with van der Waals surface area (Å²) >= 11 is 0. The fourth-order valence-corrected chi connectivity index (χ4v) is 2.10. The molecule has 1 heterocycles. The molecule has 1 aromatic heterocycles. The van der Waals surface area contributed by atoms with Gasteiger partial charge < -0.3 is 5.11 Å². The predicted octanol–water partition coefficient (Wildman–Crippen LogP) is 3.33. The van der Waals surface area contributed by atoms with Gasteiger partial charge in [-0.15, -0.1) is 0 Å². The highest BCUT2D eigenvalue weighted by Gasteiger charge is 2.27. The molecule has 3 heteroatoms. The number of carboxylic acids is 1. The van der Waals surface area contributed by atoms with Crippen LogP contribution in [0.2, 0.25) is 0 Å². The molecule has 0 atom stereocenters. The lowest BCUT2D eigenvalue weighted by atomic mass is 9.85. The molecule has 0 aliphatic rings. The van der Waals surface area contributed by atoms with Crippen LogP contribution in [-0.4, -0.2) is 16.1 Å². The van der Waals surface area contributed by atoms with Crippen molar-refractivity contribution in [3.05, 3.63) is 65.5 Å². The number of benzene rings is 1. The van der Waals surface area contributed by atoms with E-state index < -0.39 is 11.4 Å². The monoisotopic (exact) mass is 269 g/mol. The second-order valence-electron chi connectivity index (χ2n) is 5.72. The van der Waals surface area contributed by atoms with Crippen molar-refractivity contribution in [2.75, 3.05) is 0 Å². The van der Waals surface area contributed by atoms with Crippen molar-refractivity contribution in [3.63, 3.8) is 0 Å². The standard InChI is InChI=1S/C17H19NO2/c1-17(2,16(19)20)11-14-7-5-13(6-8-14)10-15-4-3-9-18-12-15/h3-9,12H,10-11H2,1-2H3,(H,19,20). The molecule has 3 nitrogen and oxygen atoms in total. The fourth-order valence-electron chi connectivity index (χ4n) is 2.10. The number of aliphatic carboxylic acids is 1. The zero-order chi connectivity index (χ0) is 14.6. The van der Waals surface area contributed by atoms with E-state index in [0.717, 1.165) is 12.0 Å². The zero-order valence-corrected chi connectivity index (χ0v) is 11.8. The Morgan fingerprint density at radius 1 is 1.10 bits per heavy atom. The van der Waals surface area contributed by atoms with Crippen molar-refractivity contribution in [1.82, 2.24) is 4.98 Å². The summed E-state index contributed by atoms with van der Waals surface area (Å²) in [6.07, 6.45) is 5.01. The first-order valence-electron chi connectivity index (χ1n) is 6.67. The molecule has 0 aliphatic carbocycles. The number of nitrogens with zero attached hydrogens (tertiary/aromatic N) is 1. The maximum atomic E-state index is 11.1. The van der Waals surface area contributed by atoms with Crippen molar-refractivity contribution in [3.8, 4) is 0 Å². The SMILES string of the molecule is CC(C)(Cc1ccc(Cc2cccnc2)cc1)C(=O)O. The van der Waals surface area contributed by atoms with Gasteiger partial charge in [-0.25, -0.2) is 0 Å². The molecule has 0 saturated carbocycles. The van der Waals surface area contributed by atoms with Crippen molar-refractivity contribution in [2.45, 2.75) is 26.7 Å². The number of hydrogen-bond acceptors (Lipinski definition) is 2. The predicted molar refractivity (Wildman–Crippen MR) is 78.6 cm³/mol. The molecule has 20 heavy (non-hydrogen) atoms. The minimum Gasteiger partial charge on any atom is -0.481 e. The van der Waals surface area contributed by atoms with Gasteiger partial charge in [-0.3, -0.25) is 9.78 Å². The van der Waals surface area contributed by atoms with Gasteiger partial charge in [0.05, 0.1) is 5.41 Å². The van der Waals surface area contributed by atoms with Crippen LogP contribution in [0, 0.1) is 5.41 Å². The molecule has 104 valence electrons. The highest BCUT2D eigenvalue weighted by molar-refractivity contribution is 5.74. The van der Waals surface area contributed by atoms with Crippen LogP contribution in [0.5, 0.6) is 0 Å². The van der Waals surface area contributed by atoms with Gasteiger partial charge in [0.25, 0.3) is 0 Å². The lowest BCUT2D eigenvalue weighted by Crippen LogP contribution is -2.26. The minimum absolute atomic E-state index is 0.537. The third-order valence-electron chi connectivity index (χ3n) is 3.38. The van der Waals surface area contributed by atoms with Crippen LogP contribution in [0.3, 0.4) is 0 Å². The van der Waals surface area contributed by atoms with E-state index in [0.29, 0.717) is 6.42 Å². The van der Waals surface area contributed by atoms with Crippen LogP contribution in [0.1, 0.15) is 30.5 Å². The summed E-state index contributed by atoms with van der Waals surface area (Å²) in [7, 11) is 0. The molecular weight excluding hydrogens is 250 g/mol. The highest BCUT2D eigenvalue weighted by Crippen LogP contribution is 2.22. The largest absolute Gasteiger partial charge is 0.481 e. The molecule has 1 N–H and O–H groups in total. The summed E-state index contributed by atoms with van der Waals surface area (Å²) in [5, 5.41) is 9.15. The van der Waals surface area contributed by atoms with Crippen LogP contribution >= 0.6 is 0 Å². The smallest absolute Gasteiger partial charge is 0.309 e. The minimum atomic E-state index is -0.767. The van der Waals surface area contributed by atoms with Gasteiger partial charge in [0.15, 0.2) is 0 Å². The third kappa shape index (κ3) is 3.67. The Kier molecular flexibility index (Phi) is 4.18. The highest BCUT2D eigenvalue weighted by atomic mass is 16.4. The lowest BCUT2D eigenvalue weighted by Gasteiger charge is -2.19. The van der Waals surface area contributed by atoms with Gasteiger partial charge in [-0.05, 0) is 49.4 Å². The van der Waals surface area contributed by atoms with Gasteiger partial charge in [-0.2, -0.15) is 0 Å². The maximum Gasteiger partial charge on any atom is 0.309 e. The van der Waals surface area contributed by atoms with E-state index in [1.54, 1.807) is 20.0 Å². The molecule has 0 fully saturated rings. The van der Waals surface area contributed by atoms with E-state index in [-0.39, 0.29) is 0 Å². The first-order chi connectivity index (χ1) is 9.47. The average molecular weight is 269 g/mol. The average Bonchev–Trinajstić information content (AvgIpc) is 2.42. The number of pyridine rings is 1. The van der Waals surface area contributed by atoms with Gasteiger partial charge in [0, 0.05) is 12.4 Å². The van der Waals surface area contributed by atoms with Crippen molar-refractivity contribution in [1.29, 1.82) is 0 Å². The molecule has 2 rings (SSSR count). The third-order valence-corrected chi connectivity index (χ3v) is 3.38. The first-order valence-corrected chi connectivity index (χ1v) is 6.67. The summed E-state index contributed by atoms with van der Waals surface area (Å²) in [5.74, 6) is -0.767. The second-order valence-corrected chi connectivity index (χ2v) is 5.72. The summed E-state index contributed by atoms with van der Waals surface area (Å²) in [5.41, 5.74) is 2.69. The normalized spacial score (nSPS) is 11.3. The van der Waals surface area contributed by atoms with Gasteiger partial charge >= 0.3 is 5.97 Å². The van der Waals surface area contributed by atoms with Gasteiger partial charge in [0.1, 0.15) is 0 Å². The van der Waals surface area contributed by atoms with Crippen LogP contribution in [0.4, 0.5) is 0 Å². The Morgan fingerprint density at radius 3 is 2.30 bits per heavy atom. The molecule has 2 aromatic rings.